The minimum Gasteiger partial charge on any atom is -0.480 e. The van der Waals surface area contributed by atoms with Crippen molar-refractivity contribution in [3.05, 3.63) is 0 Å². The summed E-state index contributed by atoms with van der Waals surface area (Å²) in [4.78, 5) is 53.0. The van der Waals surface area contributed by atoms with Gasteiger partial charge in [-0.15, -0.1) is 0 Å². The van der Waals surface area contributed by atoms with Gasteiger partial charge in [-0.25, -0.2) is 4.79 Å². The zero-order valence-electron chi connectivity index (χ0n) is 19.2. The number of nitrogens with two attached hydrogens (primary N) is 3. The number of aliphatic imine (C=N–C) groups is 1. The van der Waals surface area contributed by atoms with Crippen LogP contribution in [-0.4, -0.2) is 83.2 Å². The van der Waals surface area contributed by atoms with Crippen LogP contribution in [0.25, 0.3) is 0 Å². The highest BCUT2D eigenvalue weighted by Gasteiger charge is 2.31. The van der Waals surface area contributed by atoms with E-state index in [-0.39, 0.29) is 17.6 Å². The number of rotatable bonds is 16. The lowest BCUT2D eigenvalue weighted by atomic mass is 10.0. The van der Waals surface area contributed by atoms with E-state index in [1.807, 2.05) is 6.26 Å². The van der Waals surface area contributed by atoms with Crippen LogP contribution in [0.5, 0.6) is 0 Å². The van der Waals surface area contributed by atoms with Gasteiger partial charge < -0.3 is 38.3 Å². The lowest BCUT2D eigenvalue weighted by molar-refractivity contribution is -0.142. The van der Waals surface area contributed by atoms with E-state index in [1.165, 1.54) is 11.8 Å². The summed E-state index contributed by atoms with van der Waals surface area (Å²) < 4.78 is 0. The largest absolute Gasteiger partial charge is 0.480 e. The molecule has 14 heteroatoms. The van der Waals surface area contributed by atoms with E-state index < -0.39 is 47.9 Å². The van der Waals surface area contributed by atoms with Gasteiger partial charge in [-0.3, -0.25) is 19.4 Å². The molecule has 3 amide bonds. The molecule has 0 radical (unpaired) electrons. The smallest absolute Gasteiger partial charge is 0.327 e. The lowest BCUT2D eigenvalue weighted by Gasteiger charge is -2.27. The number of amides is 3. The number of nitrogens with zero attached hydrogens (tertiary/aromatic N) is 1. The Hall–Kier alpha value is -2.19. The number of carbonyl (C=O) groups is 4. The average Bonchev–Trinajstić information content (AvgIpc) is 2.74. The zero-order valence-corrected chi connectivity index (χ0v) is 21.0. The van der Waals surface area contributed by atoms with E-state index in [0.717, 1.165) is 0 Å². The van der Waals surface area contributed by atoms with E-state index in [0.29, 0.717) is 31.6 Å². The van der Waals surface area contributed by atoms with Crippen LogP contribution in [-0.2, 0) is 19.2 Å². The summed E-state index contributed by atoms with van der Waals surface area (Å²) in [6.45, 7) is 3.75. The maximum absolute atomic E-state index is 12.9. The number of thiol groups is 1. The lowest BCUT2D eigenvalue weighted by Crippen LogP contribution is -2.58. The molecular formula is C19H37N7O5S2. The Morgan fingerprint density at radius 2 is 1.61 bits per heavy atom. The van der Waals surface area contributed by atoms with Gasteiger partial charge in [0.05, 0.1) is 6.04 Å². The molecule has 0 spiro atoms. The quantitative estimate of drug-likeness (QED) is 0.0513. The SMILES string of the molecule is CSCCC(NC(=O)C(N)CCCN=C(N)N)C(=O)NC(C(=O)NC(CS)C(=O)O)C(C)C. The summed E-state index contributed by atoms with van der Waals surface area (Å²) in [6, 6.07) is -3.97. The summed E-state index contributed by atoms with van der Waals surface area (Å²) in [5, 5.41) is 16.8. The molecule has 0 aliphatic heterocycles. The molecule has 4 unspecified atom stereocenters. The molecule has 190 valence electrons. The molecule has 0 heterocycles. The molecule has 0 bridgehead atoms. The van der Waals surface area contributed by atoms with Crippen molar-refractivity contribution in [2.24, 2.45) is 28.1 Å². The van der Waals surface area contributed by atoms with E-state index in [2.05, 4.69) is 33.6 Å². The molecule has 0 saturated carbocycles. The van der Waals surface area contributed by atoms with Crippen molar-refractivity contribution in [2.75, 3.05) is 24.3 Å². The number of hydrogen-bond acceptors (Lipinski definition) is 8. The maximum atomic E-state index is 12.9. The molecule has 0 fully saturated rings. The molecule has 0 aliphatic carbocycles. The number of aliphatic carboxylic acids is 1. The molecule has 0 aliphatic rings. The Bertz CT molecular complexity index is 689. The first kappa shape index (κ1) is 30.8. The highest BCUT2D eigenvalue weighted by molar-refractivity contribution is 7.98. The number of guanidine groups is 1. The van der Waals surface area contributed by atoms with Crippen molar-refractivity contribution in [3.63, 3.8) is 0 Å². The third-order valence-corrected chi connectivity index (χ3v) is 5.60. The average molecular weight is 508 g/mol. The van der Waals surface area contributed by atoms with Gasteiger partial charge in [0.15, 0.2) is 5.96 Å². The Kier molecular flexibility index (Phi) is 15.3. The molecule has 12 nitrogen and oxygen atoms in total. The summed E-state index contributed by atoms with van der Waals surface area (Å²) in [5.41, 5.74) is 16.4. The number of thioether (sulfide) groups is 1. The molecule has 10 N–H and O–H groups in total. The molecule has 0 aromatic heterocycles. The first-order valence-electron chi connectivity index (χ1n) is 10.5. The van der Waals surface area contributed by atoms with Gasteiger partial charge in [0.2, 0.25) is 17.7 Å². The molecule has 4 atom stereocenters. The van der Waals surface area contributed by atoms with Crippen LogP contribution in [0.3, 0.4) is 0 Å². The Labute approximate surface area is 204 Å². The fourth-order valence-corrected chi connectivity index (χ4v) is 3.39. The van der Waals surface area contributed by atoms with Crippen LogP contribution < -0.4 is 33.2 Å². The molecule has 33 heavy (non-hydrogen) atoms. The third-order valence-electron chi connectivity index (χ3n) is 4.59. The van der Waals surface area contributed by atoms with Gasteiger partial charge >= 0.3 is 5.97 Å². The fourth-order valence-electron chi connectivity index (χ4n) is 2.67. The maximum Gasteiger partial charge on any atom is 0.327 e. The van der Waals surface area contributed by atoms with E-state index >= 15 is 0 Å². The standard InChI is InChI=1S/C19H37N7O5S2/c1-10(2)14(17(29)25-13(9-32)18(30)31)26-16(28)12(6-8-33-3)24-15(27)11(20)5-4-7-23-19(21)22/h10-14,32H,4-9,20H2,1-3H3,(H,24,27)(H,25,29)(H,26,28)(H,30,31)(H4,21,22,23). The van der Waals surface area contributed by atoms with Crippen LogP contribution in [0.4, 0.5) is 0 Å². The normalized spacial score (nSPS) is 14.5. The highest BCUT2D eigenvalue weighted by Crippen LogP contribution is 2.07. The number of hydrogen-bond donors (Lipinski definition) is 8. The number of carbonyl (C=O) groups excluding carboxylic acids is 3. The van der Waals surface area contributed by atoms with Crippen molar-refractivity contribution in [1.82, 2.24) is 16.0 Å². The molecule has 0 rings (SSSR count). The predicted octanol–water partition coefficient (Wildman–Crippen LogP) is -1.75. The van der Waals surface area contributed by atoms with Gasteiger partial charge in [0.25, 0.3) is 0 Å². The first-order valence-corrected chi connectivity index (χ1v) is 12.5. The van der Waals surface area contributed by atoms with Crippen molar-refractivity contribution in [3.8, 4) is 0 Å². The van der Waals surface area contributed by atoms with Gasteiger partial charge in [-0.05, 0) is 37.2 Å². The van der Waals surface area contributed by atoms with Gasteiger partial charge in [-0.2, -0.15) is 24.4 Å². The summed E-state index contributed by atoms with van der Waals surface area (Å²) in [6.07, 6.45) is 2.98. The fraction of sp³-hybridized carbons (Fsp3) is 0.737. The second kappa shape index (κ2) is 16.4. The van der Waals surface area contributed by atoms with Crippen LogP contribution in [0.15, 0.2) is 4.99 Å². The van der Waals surface area contributed by atoms with Crippen molar-refractivity contribution < 1.29 is 24.3 Å². The minimum absolute atomic E-state index is 0.0467. The second-order valence-corrected chi connectivity index (χ2v) is 9.06. The van der Waals surface area contributed by atoms with Gasteiger partial charge in [0.1, 0.15) is 18.1 Å². The monoisotopic (exact) mass is 507 g/mol. The summed E-state index contributed by atoms with van der Waals surface area (Å²) in [7, 11) is 0. The Morgan fingerprint density at radius 3 is 2.09 bits per heavy atom. The minimum atomic E-state index is -1.23. The topological polar surface area (TPSA) is 215 Å². The van der Waals surface area contributed by atoms with Crippen molar-refractivity contribution in [1.29, 1.82) is 0 Å². The number of nitrogens with one attached hydrogen (secondary N) is 3. The summed E-state index contributed by atoms with van der Waals surface area (Å²) in [5.74, 6) is -2.85. The molecule has 0 saturated heterocycles. The van der Waals surface area contributed by atoms with Crippen LogP contribution in [0.2, 0.25) is 0 Å². The number of carboxylic acids is 1. The molecular weight excluding hydrogens is 470 g/mol. The Morgan fingerprint density at radius 1 is 1.00 bits per heavy atom. The molecule has 0 aromatic rings. The summed E-state index contributed by atoms with van der Waals surface area (Å²) >= 11 is 5.42. The third kappa shape index (κ3) is 12.6. The predicted molar refractivity (Wildman–Crippen MR) is 133 cm³/mol. The second-order valence-electron chi connectivity index (χ2n) is 7.71. The van der Waals surface area contributed by atoms with Crippen LogP contribution in [0.1, 0.15) is 33.1 Å². The Balaban J connectivity index is 5.19. The van der Waals surface area contributed by atoms with E-state index in [1.54, 1.807) is 13.8 Å². The van der Waals surface area contributed by atoms with Gasteiger partial charge in [-0.1, -0.05) is 13.8 Å². The highest BCUT2D eigenvalue weighted by atomic mass is 32.2. The van der Waals surface area contributed by atoms with Gasteiger partial charge in [0, 0.05) is 12.3 Å². The van der Waals surface area contributed by atoms with E-state index in [4.69, 9.17) is 22.3 Å². The van der Waals surface area contributed by atoms with Crippen LogP contribution in [0, 0.1) is 5.92 Å². The zero-order chi connectivity index (χ0) is 25.6. The first-order chi connectivity index (χ1) is 15.4. The van der Waals surface area contributed by atoms with Crippen molar-refractivity contribution in [2.45, 2.75) is 57.3 Å². The van der Waals surface area contributed by atoms with Crippen LogP contribution >= 0.6 is 24.4 Å². The van der Waals surface area contributed by atoms with E-state index in [9.17, 15) is 19.2 Å². The number of carboxylic acid groups (broad SMARTS) is 1. The molecule has 0 aromatic carbocycles. The van der Waals surface area contributed by atoms with Crippen molar-refractivity contribution >= 4 is 54.0 Å².